The highest BCUT2D eigenvalue weighted by Gasteiger charge is 2.49. The summed E-state index contributed by atoms with van der Waals surface area (Å²) in [7, 11) is 0. The predicted octanol–water partition coefficient (Wildman–Crippen LogP) is 2.50. The third kappa shape index (κ3) is 2.14. The van der Waals surface area contributed by atoms with Crippen LogP contribution in [0.3, 0.4) is 0 Å². The van der Waals surface area contributed by atoms with Crippen LogP contribution in [-0.2, 0) is 9.59 Å². The number of nitrogens with zero attached hydrogens (tertiary/aromatic N) is 2. The molecule has 2 amide bonds. The van der Waals surface area contributed by atoms with Gasteiger partial charge in [0.05, 0.1) is 11.8 Å². The minimum Gasteiger partial charge on any atom is -0.293 e. The van der Waals surface area contributed by atoms with Crippen LogP contribution in [0, 0.1) is 18.8 Å². The fraction of sp³-hybridized carbons (Fsp3) is 0.467. The van der Waals surface area contributed by atoms with E-state index in [0.717, 1.165) is 10.5 Å². The summed E-state index contributed by atoms with van der Waals surface area (Å²) in [6.45, 7) is 5.20. The van der Waals surface area contributed by atoms with E-state index in [4.69, 9.17) is 0 Å². The molecule has 0 radical (unpaired) electrons. The van der Waals surface area contributed by atoms with Crippen molar-refractivity contribution in [2.24, 2.45) is 11.8 Å². The average molecular weight is 304 g/mol. The minimum atomic E-state index is -0.272. The number of aromatic nitrogens is 1. The third-order valence-corrected chi connectivity index (χ3v) is 5.09. The Morgan fingerprint density at radius 3 is 2.57 bits per heavy atom. The van der Waals surface area contributed by atoms with Crippen LogP contribution in [0.5, 0.6) is 0 Å². The summed E-state index contributed by atoms with van der Waals surface area (Å²) in [4.78, 5) is 42.7. The Morgan fingerprint density at radius 1 is 1.29 bits per heavy atom. The topological polar surface area (TPSA) is 67.3 Å². The van der Waals surface area contributed by atoms with E-state index in [0.29, 0.717) is 23.7 Å². The van der Waals surface area contributed by atoms with E-state index in [2.05, 4.69) is 4.98 Å². The zero-order valence-corrected chi connectivity index (χ0v) is 13.0. The molecule has 5 nitrogen and oxygen atoms in total. The van der Waals surface area contributed by atoms with Crippen LogP contribution >= 0.6 is 11.3 Å². The second-order valence-corrected chi connectivity index (χ2v) is 6.85. The average Bonchev–Trinajstić information content (AvgIpc) is 2.90. The first-order valence-corrected chi connectivity index (χ1v) is 7.73. The lowest BCUT2D eigenvalue weighted by Crippen LogP contribution is -2.30. The lowest BCUT2D eigenvalue weighted by molar-refractivity contribution is -0.122. The van der Waals surface area contributed by atoms with Crippen molar-refractivity contribution in [3.8, 4) is 0 Å². The monoisotopic (exact) mass is 304 g/mol. The van der Waals surface area contributed by atoms with Gasteiger partial charge >= 0.3 is 0 Å². The van der Waals surface area contributed by atoms with Gasteiger partial charge in [0.25, 0.3) is 0 Å². The normalized spacial score (nSPS) is 25.1. The predicted molar refractivity (Wildman–Crippen MR) is 79.3 cm³/mol. The maximum absolute atomic E-state index is 12.5. The highest BCUT2D eigenvalue weighted by Crippen LogP contribution is 2.41. The number of thiazole rings is 1. The van der Waals surface area contributed by atoms with E-state index in [9.17, 15) is 14.4 Å². The van der Waals surface area contributed by atoms with Crippen LogP contribution in [0.4, 0.5) is 5.13 Å². The quantitative estimate of drug-likeness (QED) is 0.478. The Hall–Kier alpha value is -1.82. The number of hydrogen-bond acceptors (Lipinski definition) is 5. The zero-order chi connectivity index (χ0) is 15.3. The van der Waals surface area contributed by atoms with Crippen LogP contribution in [-0.4, -0.2) is 22.6 Å². The fourth-order valence-corrected chi connectivity index (χ4v) is 4.00. The van der Waals surface area contributed by atoms with Crippen molar-refractivity contribution < 1.29 is 14.4 Å². The lowest BCUT2D eigenvalue weighted by atomic mass is 9.82. The van der Waals surface area contributed by atoms with Crippen LogP contribution in [0.15, 0.2) is 11.6 Å². The van der Waals surface area contributed by atoms with Crippen molar-refractivity contribution >= 4 is 34.1 Å². The first kappa shape index (κ1) is 14.1. The molecule has 1 aliphatic heterocycles. The van der Waals surface area contributed by atoms with Gasteiger partial charge in [0.1, 0.15) is 5.69 Å². The summed E-state index contributed by atoms with van der Waals surface area (Å²) in [5.74, 6) is -1.05. The standard InChI is InChI=1S/C15H16N2O3S/c1-7-4-5-10-11(6-7)14(20)17(13(10)19)15-16-12(8(2)18)9(3)21-15/h4,10-11H,5-6H2,1-3H3/t10-,11-/m1/s1. The summed E-state index contributed by atoms with van der Waals surface area (Å²) in [5.41, 5.74) is 1.50. The summed E-state index contributed by atoms with van der Waals surface area (Å²) in [6, 6.07) is 0. The fourth-order valence-electron chi connectivity index (χ4n) is 3.03. The highest BCUT2D eigenvalue weighted by molar-refractivity contribution is 7.16. The van der Waals surface area contributed by atoms with Gasteiger partial charge in [-0.1, -0.05) is 11.6 Å². The number of Topliss-reactive ketones (excluding diaryl/α,β-unsaturated/α-hetero) is 1. The molecule has 0 N–H and O–H groups in total. The molecule has 1 fully saturated rings. The molecule has 2 aliphatic rings. The first-order chi connectivity index (χ1) is 9.90. The molecular weight excluding hydrogens is 288 g/mol. The molecule has 2 atom stereocenters. The molecule has 0 unspecified atom stereocenters. The first-order valence-electron chi connectivity index (χ1n) is 6.92. The van der Waals surface area contributed by atoms with Crippen molar-refractivity contribution in [1.82, 2.24) is 4.98 Å². The van der Waals surface area contributed by atoms with Gasteiger partial charge in [0.15, 0.2) is 10.9 Å². The van der Waals surface area contributed by atoms with Gasteiger partial charge in [-0.05, 0) is 26.7 Å². The van der Waals surface area contributed by atoms with Crippen LogP contribution < -0.4 is 4.90 Å². The van der Waals surface area contributed by atoms with Gasteiger partial charge in [0, 0.05) is 11.8 Å². The summed E-state index contributed by atoms with van der Waals surface area (Å²) < 4.78 is 0. The molecule has 0 saturated carbocycles. The molecule has 0 spiro atoms. The lowest BCUT2D eigenvalue weighted by Gasteiger charge is -2.18. The molecule has 1 saturated heterocycles. The van der Waals surface area contributed by atoms with Crippen molar-refractivity contribution in [3.05, 3.63) is 22.2 Å². The number of ketones is 1. The number of carbonyl (C=O) groups excluding carboxylic acids is 3. The Balaban J connectivity index is 1.97. The Kier molecular flexibility index (Phi) is 3.28. The molecule has 2 heterocycles. The molecule has 110 valence electrons. The van der Waals surface area contributed by atoms with Crippen LogP contribution in [0.25, 0.3) is 0 Å². The van der Waals surface area contributed by atoms with Crippen LogP contribution in [0.2, 0.25) is 0 Å². The number of rotatable bonds is 2. The van der Waals surface area contributed by atoms with E-state index in [1.165, 1.54) is 23.2 Å². The number of hydrogen-bond donors (Lipinski definition) is 0. The van der Waals surface area contributed by atoms with E-state index >= 15 is 0 Å². The van der Waals surface area contributed by atoms with Crippen molar-refractivity contribution in [3.63, 3.8) is 0 Å². The largest absolute Gasteiger partial charge is 0.293 e. The van der Waals surface area contributed by atoms with Gasteiger partial charge in [-0.25, -0.2) is 9.88 Å². The maximum Gasteiger partial charge on any atom is 0.239 e. The molecule has 0 aromatic carbocycles. The zero-order valence-electron chi connectivity index (χ0n) is 12.2. The van der Waals surface area contributed by atoms with Gasteiger partial charge in [-0.3, -0.25) is 14.4 Å². The molecule has 6 heteroatoms. The summed E-state index contributed by atoms with van der Waals surface area (Å²) in [5, 5.41) is 0.333. The second-order valence-electron chi connectivity index (χ2n) is 5.67. The summed E-state index contributed by atoms with van der Waals surface area (Å²) in [6.07, 6.45) is 3.28. The van der Waals surface area contributed by atoms with Gasteiger partial charge in [-0.2, -0.15) is 0 Å². The number of aryl methyl sites for hydroxylation is 1. The molecule has 3 rings (SSSR count). The van der Waals surface area contributed by atoms with Gasteiger partial charge in [-0.15, -0.1) is 11.3 Å². The molecule has 1 aromatic rings. The smallest absolute Gasteiger partial charge is 0.239 e. The van der Waals surface area contributed by atoms with E-state index < -0.39 is 0 Å². The SMILES string of the molecule is CC(=O)c1nc(N2C(=O)[C@@H]3CC=C(C)C[C@H]3C2=O)sc1C. The van der Waals surface area contributed by atoms with E-state index in [1.54, 1.807) is 6.92 Å². The van der Waals surface area contributed by atoms with Gasteiger partial charge in [0.2, 0.25) is 11.8 Å². The van der Waals surface area contributed by atoms with E-state index in [1.807, 2.05) is 13.0 Å². The molecule has 0 bridgehead atoms. The van der Waals surface area contributed by atoms with Crippen molar-refractivity contribution in [2.45, 2.75) is 33.6 Å². The van der Waals surface area contributed by atoms with Crippen molar-refractivity contribution in [1.29, 1.82) is 0 Å². The Labute approximate surface area is 126 Å². The Bertz CT molecular complexity index is 689. The molecule has 21 heavy (non-hydrogen) atoms. The van der Waals surface area contributed by atoms with Gasteiger partial charge < -0.3 is 0 Å². The maximum atomic E-state index is 12.5. The second kappa shape index (κ2) is 4.87. The molecule has 1 aromatic heterocycles. The Morgan fingerprint density at radius 2 is 1.95 bits per heavy atom. The van der Waals surface area contributed by atoms with E-state index in [-0.39, 0.29) is 29.4 Å². The minimum absolute atomic E-state index is 0.149. The number of carbonyl (C=O) groups is 3. The number of amides is 2. The molecule has 1 aliphatic carbocycles. The number of imide groups is 1. The third-order valence-electron chi connectivity index (χ3n) is 4.13. The van der Waals surface area contributed by atoms with Crippen molar-refractivity contribution in [2.75, 3.05) is 4.90 Å². The highest BCUT2D eigenvalue weighted by atomic mass is 32.1. The number of fused-ring (bicyclic) bond motifs is 1. The number of allylic oxidation sites excluding steroid dienone is 2. The van der Waals surface area contributed by atoms with Crippen LogP contribution in [0.1, 0.15) is 42.1 Å². The molecular formula is C15H16N2O3S. The summed E-state index contributed by atoms with van der Waals surface area (Å²) >= 11 is 1.23. The number of anilines is 1.